The van der Waals surface area contributed by atoms with Gasteiger partial charge in [0.2, 0.25) is 0 Å². The number of rotatable bonds is 6. The van der Waals surface area contributed by atoms with E-state index in [4.69, 9.17) is 4.74 Å². The van der Waals surface area contributed by atoms with Crippen LogP contribution in [0.25, 0.3) is 6.08 Å². The van der Waals surface area contributed by atoms with Gasteiger partial charge in [0.25, 0.3) is 5.09 Å². The summed E-state index contributed by atoms with van der Waals surface area (Å²) in [6.07, 6.45) is 2.51. The van der Waals surface area contributed by atoms with Crippen molar-refractivity contribution in [2.45, 2.75) is 6.61 Å². The van der Waals surface area contributed by atoms with Crippen LogP contribution in [-0.2, 0) is 16.2 Å². The molecule has 0 heterocycles. The average Bonchev–Trinajstić information content (AvgIpc) is 2.55. The lowest BCUT2D eigenvalue weighted by molar-refractivity contribution is -0.763. The second kappa shape index (κ2) is 7.63. The number of esters is 1. The molecule has 0 aliphatic heterocycles. The molecule has 2 aromatic carbocycles. The van der Waals surface area contributed by atoms with Crippen molar-refractivity contribution >= 4 is 12.0 Å². The van der Waals surface area contributed by atoms with Crippen LogP contribution in [0.3, 0.4) is 0 Å². The number of benzene rings is 2. The maximum absolute atomic E-state index is 11.8. The summed E-state index contributed by atoms with van der Waals surface area (Å²) in [5.74, 6) is -1.15. The first kappa shape index (κ1) is 16.8. The Morgan fingerprint density at radius 1 is 1.17 bits per heavy atom. The zero-order chi connectivity index (χ0) is 17.5. The molecule has 0 spiro atoms. The smallest absolute Gasteiger partial charge is 0.336 e. The second-order valence-electron chi connectivity index (χ2n) is 4.61. The lowest BCUT2D eigenvalue weighted by Gasteiger charge is -2.07. The van der Waals surface area contributed by atoms with Gasteiger partial charge < -0.3 is 19.8 Å². The number of ether oxygens (including phenoxy) is 1. The number of phenolic OH excluding ortho intramolecular Hbond substituents is 2. The van der Waals surface area contributed by atoms with Gasteiger partial charge in [0, 0.05) is 11.6 Å². The Balaban J connectivity index is 2.05. The number of hydrogen-bond acceptors (Lipinski definition) is 7. The Hall–Kier alpha value is -3.55. The molecule has 0 fully saturated rings. The van der Waals surface area contributed by atoms with Crippen LogP contribution in [-0.4, -0.2) is 21.3 Å². The van der Waals surface area contributed by atoms with Gasteiger partial charge in [-0.2, -0.15) is 0 Å². The largest absolute Gasteiger partial charge is 0.504 e. The number of carbonyl (C=O) groups is 1. The Kier molecular flexibility index (Phi) is 5.35. The highest BCUT2D eigenvalue weighted by Gasteiger charge is 2.08. The fourth-order valence-electron chi connectivity index (χ4n) is 1.80. The van der Waals surface area contributed by atoms with Gasteiger partial charge in [0.1, 0.15) is 12.4 Å². The van der Waals surface area contributed by atoms with Crippen LogP contribution in [0.15, 0.2) is 48.5 Å². The van der Waals surface area contributed by atoms with Gasteiger partial charge in [0.15, 0.2) is 11.5 Å². The zero-order valence-electron chi connectivity index (χ0n) is 12.3. The van der Waals surface area contributed by atoms with Gasteiger partial charge in [-0.05, 0) is 29.8 Å². The summed E-state index contributed by atoms with van der Waals surface area (Å²) >= 11 is 0. The monoisotopic (exact) mass is 331 g/mol. The summed E-state index contributed by atoms with van der Waals surface area (Å²) < 4.78 is 5.11. The number of carbonyl (C=O) groups excluding carboxylic acids is 1. The van der Waals surface area contributed by atoms with Gasteiger partial charge in [-0.3, -0.25) is 0 Å². The van der Waals surface area contributed by atoms with Crippen LogP contribution in [0.2, 0.25) is 0 Å². The average molecular weight is 331 g/mol. The van der Waals surface area contributed by atoms with Gasteiger partial charge in [-0.15, -0.1) is 10.1 Å². The first-order chi connectivity index (χ1) is 11.5. The van der Waals surface area contributed by atoms with Crippen LogP contribution >= 0.6 is 0 Å². The molecular weight excluding hydrogens is 318 g/mol. The molecule has 0 saturated heterocycles. The maximum atomic E-state index is 11.8. The van der Waals surface area contributed by atoms with Gasteiger partial charge in [-0.1, -0.05) is 24.3 Å². The quantitative estimate of drug-likeness (QED) is 0.208. The Morgan fingerprint density at radius 2 is 1.92 bits per heavy atom. The van der Waals surface area contributed by atoms with Crippen molar-refractivity contribution in [2.24, 2.45) is 0 Å². The van der Waals surface area contributed by atoms with Crippen molar-refractivity contribution in [1.82, 2.24) is 0 Å². The summed E-state index contributed by atoms with van der Waals surface area (Å²) in [7, 11) is 0. The number of aromatic hydroxyl groups is 2. The maximum Gasteiger partial charge on any atom is 0.336 e. The van der Waals surface area contributed by atoms with E-state index in [0.717, 1.165) is 6.08 Å². The van der Waals surface area contributed by atoms with Gasteiger partial charge in [-0.25, -0.2) is 4.79 Å². The molecule has 2 aromatic rings. The molecule has 0 amide bonds. The van der Waals surface area contributed by atoms with Crippen LogP contribution in [0.4, 0.5) is 0 Å². The number of phenols is 2. The summed E-state index contributed by atoms with van der Waals surface area (Å²) in [5.41, 5.74) is 0.824. The van der Waals surface area contributed by atoms with E-state index in [2.05, 4.69) is 4.84 Å². The van der Waals surface area contributed by atoms with E-state index < -0.39 is 11.1 Å². The standard InChI is InChI=1S/C16H13NO7/c18-13-7-5-11(9-14(13)19)6-8-16(20)24-15-4-2-1-3-12(15)10-23-17(21)22/h1-9,18-19H,10H2. The highest BCUT2D eigenvalue weighted by molar-refractivity contribution is 5.89. The molecular formula is C16H13NO7. The number of nitrogens with zero attached hydrogens (tertiary/aromatic N) is 1. The Labute approximate surface area is 136 Å². The fraction of sp³-hybridized carbons (Fsp3) is 0.0625. The lowest BCUT2D eigenvalue weighted by Crippen LogP contribution is -2.07. The zero-order valence-corrected chi connectivity index (χ0v) is 12.3. The van der Waals surface area contributed by atoms with E-state index in [-0.39, 0.29) is 23.9 Å². The minimum atomic E-state index is -0.935. The molecule has 2 N–H and O–H groups in total. The topological polar surface area (TPSA) is 119 Å². The molecule has 24 heavy (non-hydrogen) atoms. The Bertz CT molecular complexity index is 786. The molecule has 0 bridgehead atoms. The third-order valence-electron chi connectivity index (χ3n) is 2.92. The summed E-state index contributed by atoms with van der Waals surface area (Å²) in [4.78, 5) is 26.3. The van der Waals surface area contributed by atoms with Crippen molar-refractivity contribution < 1.29 is 29.7 Å². The molecule has 0 radical (unpaired) electrons. The molecule has 0 atom stereocenters. The third-order valence-corrected chi connectivity index (χ3v) is 2.92. The molecule has 0 aliphatic carbocycles. The highest BCUT2D eigenvalue weighted by atomic mass is 16.9. The molecule has 2 rings (SSSR count). The normalized spacial score (nSPS) is 10.5. The predicted molar refractivity (Wildman–Crippen MR) is 82.7 cm³/mol. The second-order valence-corrected chi connectivity index (χ2v) is 4.61. The molecule has 0 aromatic heterocycles. The van der Waals surface area contributed by atoms with Gasteiger partial charge >= 0.3 is 5.97 Å². The minimum Gasteiger partial charge on any atom is -0.504 e. The predicted octanol–water partition coefficient (Wildman–Crippen LogP) is 2.42. The number of hydrogen-bond donors (Lipinski definition) is 2. The van der Waals surface area contributed by atoms with Crippen molar-refractivity contribution in [3.63, 3.8) is 0 Å². The van der Waals surface area contributed by atoms with Crippen molar-refractivity contribution in [2.75, 3.05) is 0 Å². The minimum absolute atomic E-state index is 0.141. The van der Waals surface area contributed by atoms with E-state index in [1.54, 1.807) is 12.1 Å². The van der Waals surface area contributed by atoms with E-state index in [9.17, 15) is 25.1 Å². The molecule has 0 unspecified atom stereocenters. The lowest BCUT2D eigenvalue weighted by atomic mass is 10.2. The number of para-hydroxylation sites is 1. The van der Waals surface area contributed by atoms with E-state index in [1.807, 2.05) is 0 Å². The fourth-order valence-corrected chi connectivity index (χ4v) is 1.80. The Morgan fingerprint density at radius 3 is 2.62 bits per heavy atom. The van der Waals surface area contributed by atoms with Crippen LogP contribution in [0.5, 0.6) is 17.2 Å². The third kappa shape index (κ3) is 4.73. The van der Waals surface area contributed by atoms with Crippen LogP contribution in [0, 0.1) is 10.1 Å². The van der Waals surface area contributed by atoms with Crippen molar-refractivity contribution in [1.29, 1.82) is 0 Å². The van der Waals surface area contributed by atoms with Crippen molar-refractivity contribution in [3.8, 4) is 17.2 Å². The first-order valence-electron chi connectivity index (χ1n) is 6.73. The first-order valence-corrected chi connectivity index (χ1v) is 6.73. The van der Waals surface area contributed by atoms with Crippen molar-refractivity contribution in [3.05, 3.63) is 69.8 Å². The molecule has 0 saturated carbocycles. The molecule has 8 heteroatoms. The van der Waals surface area contributed by atoms with E-state index in [0.29, 0.717) is 11.1 Å². The summed E-state index contributed by atoms with van der Waals surface area (Å²) in [6.45, 7) is -0.341. The summed E-state index contributed by atoms with van der Waals surface area (Å²) in [6, 6.07) is 10.3. The molecule has 0 aliphatic rings. The molecule has 124 valence electrons. The summed E-state index contributed by atoms with van der Waals surface area (Å²) in [5, 5.41) is 27.9. The highest BCUT2D eigenvalue weighted by Crippen LogP contribution is 2.25. The SMILES string of the molecule is O=C(C=Cc1ccc(O)c(O)c1)Oc1ccccc1CO[N+](=O)[O-]. The van der Waals surface area contributed by atoms with E-state index in [1.165, 1.54) is 36.4 Å². The molecule has 8 nitrogen and oxygen atoms in total. The van der Waals surface area contributed by atoms with E-state index >= 15 is 0 Å². The van der Waals surface area contributed by atoms with Crippen LogP contribution < -0.4 is 4.74 Å². The van der Waals surface area contributed by atoms with Crippen LogP contribution in [0.1, 0.15) is 11.1 Å². The van der Waals surface area contributed by atoms with Gasteiger partial charge in [0.05, 0.1) is 0 Å².